The van der Waals surface area contributed by atoms with Crippen LogP contribution in [0.15, 0.2) is 42.7 Å². The molecule has 2 aromatic heterocycles. The number of nitriles is 1. The Balaban J connectivity index is 1.31. The second-order valence-electron chi connectivity index (χ2n) is 11.8. The molecule has 2 aliphatic rings. The summed E-state index contributed by atoms with van der Waals surface area (Å²) in [4.78, 5) is 17.8. The van der Waals surface area contributed by atoms with E-state index in [1.165, 1.54) is 6.20 Å². The lowest BCUT2D eigenvalue weighted by Crippen LogP contribution is -2.61. The van der Waals surface area contributed by atoms with Crippen LogP contribution in [0.3, 0.4) is 0 Å². The number of rotatable bonds is 6. The van der Waals surface area contributed by atoms with Gasteiger partial charge < -0.3 is 20.3 Å². The number of likely N-dealkylation sites (tertiary alicyclic amines) is 1. The van der Waals surface area contributed by atoms with Gasteiger partial charge in [-0.15, -0.1) is 0 Å². The molecule has 0 aliphatic carbocycles. The molecule has 1 aromatic carbocycles. The number of morpholine rings is 1. The highest BCUT2D eigenvalue weighted by Crippen LogP contribution is 2.38. The Bertz CT molecular complexity index is 1380. The Hall–Kier alpha value is -3.81. The molecule has 2 fully saturated rings. The second kappa shape index (κ2) is 11.0. The summed E-state index contributed by atoms with van der Waals surface area (Å²) in [6.07, 6.45) is 4.67. The van der Waals surface area contributed by atoms with Crippen LogP contribution in [0.25, 0.3) is 11.1 Å². The molecule has 3 aromatic rings. The molecule has 9 nitrogen and oxygen atoms in total. The fraction of sp³-hybridized carbons (Fsp3) is 0.467. The van der Waals surface area contributed by atoms with E-state index in [0.29, 0.717) is 24.5 Å². The molecule has 4 heterocycles. The highest BCUT2D eigenvalue weighted by molar-refractivity contribution is 5.74. The summed E-state index contributed by atoms with van der Waals surface area (Å²) in [5.74, 6) is 0.820. The minimum absolute atomic E-state index is 0.0439. The highest BCUT2D eigenvalue weighted by atomic mass is 19.1. The van der Waals surface area contributed by atoms with Crippen molar-refractivity contribution in [3.05, 3.63) is 54.1 Å². The van der Waals surface area contributed by atoms with Crippen LogP contribution in [-0.4, -0.2) is 70.3 Å². The third kappa shape index (κ3) is 5.86. The molecule has 0 radical (unpaired) electrons. The number of pyridine rings is 1. The topological polar surface area (TPSA) is 102 Å². The lowest BCUT2D eigenvalue weighted by atomic mass is 9.77. The van der Waals surface area contributed by atoms with Gasteiger partial charge in [0.05, 0.1) is 31.0 Å². The molecule has 10 heteroatoms. The number of nitrogens with zero attached hydrogens (tertiary/aromatic N) is 6. The van der Waals surface area contributed by atoms with Gasteiger partial charge in [0.25, 0.3) is 0 Å². The van der Waals surface area contributed by atoms with Crippen molar-refractivity contribution in [2.45, 2.75) is 57.7 Å². The SMILES string of the molecule is CN1C(C)(C)CC(Nc2nc(Nc3ccc(-c4ccc(N5CCOCC5)nc4)c(C#N)c3)ncc2F)CC1(C)C. The fourth-order valence-corrected chi connectivity index (χ4v) is 5.82. The predicted octanol–water partition coefficient (Wildman–Crippen LogP) is 5.19. The minimum atomic E-state index is -0.499. The molecule has 0 bridgehead atoms. The van der Waals surface area contributed by atoms with Crippen molar-refractivity contribution >= 4 is 23.3 Å². The molecule has 210 valence electrons. The van der Waals surface area contributed by atoms with Crippen LogP contribution in [0.1, 0.15) is 46.1 Å². The van der Waals surface area contributed by atoms with E-state index >= 15 is 0 Å². The molecule has 0 unspecified atom stereocenters. The number of piperidine rings is 1. The van der Waals surface area contributed by atoms with Crippen LogP contribution in [0.2, 0.25) is 0 Å². The molecule has 0 spiro atoms. The van der Waals surface area contributed by atoms with Crippen LogP contribution >= 0.6 is 0 Å². The summed E-state index contributed by atoms with van der Waals surface area (Å²) >= 11 is 0. The molecule has 40 heavy (non-hydrogen) atoms. The van der Waals surface area contributed by atoms with Gasteiger partial charge in [0.15, 0.2) is 11.6 Å². The monoisotopic (exact) mass is 544 g/mol. The lowest BCUT2D eigenvalue weighted by Gasteiger charge is -2.53. The van der Waals surface area contributed by atoms with E-state index in [1.807, 2.05) is 24.3 Å². The summed E-state index contributed by atoms with van der Waals surface area (Å²) in [7, 11) is 2.14. The molecule has 2 N–H and O–H groups in total. The first kappa shape index (κ1) is 27.7. The van der Waals surface area contributed by atoms with Crippen LogP contribution in [0.5, 0.6) is 0 Å². The van der Waals surface area contributed by atoms with Crippen LogP contribution in [-0.2, 0) is 4.74 Å². The van der Waals surface area contributed by atoms with Crippen molar-refractivity contribution in [2.24, 2.45) is 0 Å². The zero-order valence-corrected chi connectivity index (χ0v) is 23.8. The Morgan fingerprint density at radius 3 is 2.40 bits per heavy atom. The number of aromatic nitrogens is 3. The quantitative estimate of drug-likeness (QED) is 0.434. The second-order valence-corrected chi connectivity index (χ2v) is 11.8. The van der Waals surface area contributed by atoms with Crippen LogP contribution in [0.4, 0.5) is 27.7 Å². The van der Waals surface area contributed by atoms with Crippen molar-refractivity contribution in [3.8, 4) is 17.2 Å². The normalized spacial score (nSPS) is 19.2. The van der Waals surface area contributed by atoms with E-state index in [2.05, 4.69) is 76.2 Å². The number of benzene rings is 1. The Morgan fingerprint density at radius 2 is 1.75 bits per heavy atom. The van der Waals surface area contributed by atoms with Crippen LogP contribution < -0.4 is 15.5 Å². The highest BCUT2D eigenvalue weighted by Gasteiger charge is 2.43. The Kier molecular flexibility index (Phi) is 7.62. The van der Waals surface area contributed by atoms with Gasteiger partial charge in [-0.3, -0.25) is 4.90 Å². The molecular weight excluding hydrogens is 507 g/mol. The number of halogens is 1. The van der Waals surface area contributed by atoms with Crippen LogP contribution in [0, 0.1) is 17.1 Å². The van der Waals surface area contributed by atoms with E-state index in [1.54, 1.807) is 12.3 Å². The van der Waals surface area contributed by atoms with Gasteiger partial charge in [0.1, 0.15) is 5.82 Å². The zero-order chi connectivity index (χ0) is 28.5. The van der Waals surface area contributed by atoms with E-state index in [-0.39, 0.29) is 28.9 Å². The van der Waals surface area contributed by atoms with Gasteiger partial charge in [-0.05, 0) is 71.8 Å². The number of anilines is 4. The average molecular weight is 545 g/mol. The molecule has 0 saturated carbocycles. The van der Waals surface area contributed by atoms with Gasteiger partial charge in [0.2, 0.25) is 5.95 Å². The molecule has 5 rings (SSSR count). The van der Waals surface area contributed by atoms with E-state index < -0.39 is 5.82 Å². The third-order valence-electron chi connectivity index (χ3n) is 8.18. The van der Waals surface area contributed by atoms with Gasteiger partial charge in [-0.1, -0.05) is 6.07 Å². The summed E-state index contributed by atoms with van der Waals surface area (Å²) < 4.78 is 20.2. The summed E-state index contributed by atoms with van der Waals surface area (Å²) in [5.41, 5.74) is 2.67. The maximum Gasteiger partial charge on any atom is 0.229 e. The third-order valence-corrected chi connectivity index (χ3v) is 8.18. The number of nitrogens with one attached hydrogen (secondary N) is 2. The van der Waals surface area contributed by atoms with Crippen molar-refractivity contribution in [1.82, 2.24) is 19.9 Å². The van der Waals surface area contributed by atoms with Crippen molar-refractivity contribution < 1.29 is 9.13 Å². The molecule has 0 atom stereocenters. The average Bonchev–Trinajstić information content (AvgIpc) is 2.94. The van der Waals surface area contributed by atoms with E-state index in [9.17, 15) is 9.65 Å². The zero-order valence-electron chi connectivity index (χ0n) is 23.8. The summed E-state index contributed by atoms with van der Waals surface area (Å²) in [6, 6.07) is 11.8. The summed E-state index contributed by atoms with van der Waals surface area (Å²) in [6.45, 7) is 11.8. The molecule has 2 aliphatic heterocycles. The number of ether oxygens (including phenoxy) is 1. The van der Waals surface area contributed by atoms with Gasteiger partial charge in [-0.25, -0.2) is 14.4 Å². The van der Waals surface area contributed by atoms with Crippen molar-refractivity contribution in [3.63, 3.8) is 0 Å². The van der Waals surface area contributed by atoms with Crippen molar-refractivity contribution in [2.75, 3.05) is 48.9 Å². The maximum atomic E-state index is 14.7. The lowest BCUT2D eigenvalue weighted by molar-refractivity contribution is -0.00778. The fourth-order valence-electron chi connectivity index (χ4n) is 5.82. The standard InChI is InChI=1S/C30H37FN8O/c1-29(2)15-23(16-30(3,4)38(29)5)35-27-25(31)19-34-28(37-27)36-22-7-8-24(21(14-22)17-32)20-6-9-26(33-18-20)39-10-12-40-13-11-39/h6-9,14,18-19,23H,10-13,15-16H2,1-5H3,(H2,34,35,36,37). The first-order valence-corrected chi connectivity index (χ1v) is 13.7. The Morgan fingerprint density at radius 1 is 1.02 bits per heavy atom. The molecular formula is C30H37FN8O. The molecule has 2 saturated heterocycles. The van der Waals surface area contributed by atoms with Gasteiger partial charge in [-0.2, -0.15) is 10.2 Å². The first-order valence-electron chi connectivity index (χ1n) is 13.7. The van der Waals surface area contributed by atoms with Gasteiger partial charge >= 0.3 is 0 Å². The number of hydrogen-bond donors (Lipinski definition) is 2. The maximum absolute atomic E-state index is 14.7. The Labute approximate surface area is 235 Å². The van der Waals surface area contributed by atoms with E-state index in [4.69, 9.17) is 4.74 Å². The number of hydrogen-bond acceptors (Lipinski definition) is 9. The summed E-state index contributed by atoms with van der Waals surface area (Å²) in [5, 5.41) is 16.3. The smallest absolute Gasteiger partial charge is 0.229 e. The molecule has 0 amide bonds. The van der Waals surface area contributed by atoms with Gasteiger partial charge in [0, 0.05) is 53.2 Å². The largest absolute Gasteiger partial charge is 0.378 e. The predicted molar refractivity (Wildman–Crippen MR) is 155 cm³/mol. The van der Waals surface area contributed by atoms with Crippen molar-refractivity contribution in [1.29, 1.82) is 5.26 Å². The first-order chi connectivity index (χ1) is 19.1. The minimum Gasteiger partial charge on any atom is -0.378 e. The van der Waals surface area contributed by atoms with E-state index in [0.717, 1.165) is 42.9 Å².